The first kappa shape index (κ1) is 10.9. The van der Waals surface area contributed by atoms with Crippen LogP contribution in [0.25, 0.3) is 0 Å². The minimum atomic E-state index is -0.167. The first-order chi connectivity index (χ1) is 6.25. The fourth-order valence-electron chi connectivity index (χ4n) is 0.920. The van der Waals surface area contributed by atoms with E-state index < -0.39 is 0 Å². The lowest BCUT2D eigenvalue weighted by Gasteiger charge is -2.11. The molecule has 1 heterocycles. The highest BCUT2D eigenvalue weighted by atomic mass is 32.2. The number of hydrogen-bond donors (Lipinski definition) is 1. The summed E-state index contributed by atoms with van der Waals surface area (Å²) in [6.45, 7) is 1.31. The van der Waals surface area contributed by atoms with E-state index in [2.05, 4.69) is 12.6 Å². The quantitative estimate of drug-likeness (QED) is 0.546. The average molecular weight is 221 g/mol. The first-order valence-corrected chi connectivity index (χ1v) is 5.53. The molecular weight excluding hydrogens is 210 g/mol. The Labute approximate surface area is 86.4 Å². The van der Waals surface area contributed by atoms with E-state index >= 15 is 0 Å². The van der Waals surface area contributed by atoms with Crippen molar-refractivity contribution in [3.63, 3.8) is 0 Å². The van der Waals surface area contributed by atoms with Crippen LogP contribution < -0.4 is 0 Å². The number of thioether (sulfide) groups is 1. The van der Waals surface area contributed by atoms with Gasteiger partial charge >= 0.3 is 0 Å². The van der Waals surface area contributed by atoms with E-state index in [1.165, 1.54) is 4.90 Å². The Morgan fingerprint density at radius 1 is 1.46 bits per heavy atom. The van der Waals surface area contributed by atoms with Gasteiger partial charge in [-0.1, -0.05) is 11.8 Å². The fraction of sp³-hybridized carbons (Fsp3) is 0.714. The van der Waals surface area contributed by atoms with E-state index in [0.717, 1.165) is 11.8 Å². The molecular formula is C7H11NO3S2. The molecule has 2 amide bonds. The van der Waals surface area contributed by atoms with Crippen molar-refractivity contribution in [2.24, 2.45) is 0 Å². The van der Waals surface area contributed by atoms with Gasteiger partial charge in [-0.15, -0.1) is 0 Å². The van der Waals surface area contributed by atoms with Gasteiger partial charge in [0.2, 0.25) is 5.91 Å². The van der Waals surface area contributed by atoms with Crippen LogP contribution in [-0.2, 0) is 9.53 Å². The van der Waals surface area contributed by atoms with Crippen molar-refractivity contribution in [1.29, 1.82) is 0 Å². The number of ether oxygens (including phenoxy) is 1. The highest BCUT2D eigenvalue weighted by Gasteiger charge is 2.29. The van der Waals surface area contributed by atoms with Gasteiger partial charge in [-0.05, 0) is 0 Å². The number of imide groups is 1. The van der Waals surface area contributed by atoms with E-state index in [-0.39, 0.29) is 16.9 Å². The second kappa shape index (κ2) is 5.51. The number of nitrogens with zero attached hydrogens (tertiary/aromatic N) is 1. The van der Waals surface area contributed by atoms with Crippen molar-refractivity contribution in [3.05, 3.63) is 0 Å². The molecule has 0 bridgehead atoms. The summed E-state index contributed by atoms with van der Waals surface area (Å²) in [6.07, 6.45) is 0. The maximum absolute atomic E-state index is 11.1. The topological polar surface area (TPSA) is 46.6 Å². The number of rotatable bonds is 5. The Bertz CT molecular complexity index is 194. The largest absolute Gasteiger partial charge is 0.379 e. The number of carbonyl (C=O) groups excluding carboxylic acids is 2. The SMILES string of the molecule is O=C1CSC(=O)N1CCOCCS. The second-order valence-corrected chi connectivity index (χ2v) is 3.81. The molecule has 0 unspecified atom stereocenters. The van der Waals surface area contributed by atoms with Crippen molar-refractivity contribution < 1.29 is 14.3 Å². The van der Waals surface area contributed by atoms with Gasteiger partial charge in [-0.25, -0.2) is 0 Å². The van der Waals surface area contributed by atoms with Crippen LogP contribution in [0, 0.1) is 0 Å². The molecule has 0 aromatic heterocycles. The molecule has 1 saturated heterocycles. The fourth-order valence-corrected chi connectivity index (χ4v) is 1.80. The highest BCUT2D eigenvalue weighted by Crippen LogP contribution is 2.17. The van der Waals surface area contributed by atoms with Gasteiger partial charge in [-0.2, -0.15) is 12.6 Å². The lowest BCUT2D eigenvalue weighted by molar-refractivity contribution is -0.125. The van der Waals surface area contributed by atoms with Crippen LogP contribution in [0.4, 0.5) is 4.79 Å². The van der Waals surface area contributed by atoms with Crippen LogP contribution in [0.15, 0.2) is 0 Å². The van der Waals surface area contributed by atoms with Crippen molar-refractivity contribution in [2.75, 3.05) is 31.3 Å². The molecule has 0 radical (unpaired) electrons. The summed E-state index contributed by atoms with van der Waals surface area (Å²) in [5.41, 5.74) is 0. The van der Waals surface area contributed by atoms with Gasteiger partial charge in [0.25, 0.3) is 5.24 Å². The molecule has 0 N–H and O–H groups in total. The van der Waals surface area contributed by atoms with Gasteiger partial charge in [-0.3, -0.25) is 14.5 Å². The van der Waals surface area contributed by atoms with Gasteiger partial charge in [0.15, 0.2) is 0 Å². The maximum Gasteiger partial charge on any atom is 0.288 e. The molecule has 1 fully saturated rings. The molecule has 74 valence electrons. The van der Waals surface area contributed by atoms with Crippen LogP contribution in [-0.4, -0.2) is 47.3 Å². The molecule has 1 rings (SSSR count). The van der Waals surface area contributed by atoms with Crippen LogP contribution in [0.3, 0.4) is 0 Å². The number of hydrogen-bond acceptors (Lipinski definition) is 5. The molecule has 0 aromatic carbocycles. The Hall–Kier alpha value is -0.200. The second-order valence-electron chi connectivity index (χ2n) is 2.44. The third-order valence-electron chi connectivity index (χ3n) is 1.54. The van der Waals surface area contributed by atoms with E-state index in [4.69, 9.17) is 4.74 Å². The summed E-state index contributed by atoms with van der Waals surface area (Å²) in [6, 6.07) is 0. The number of thiol groups is 1. The number of amides is 2. The van der Waals surface area contributed by atoms with Gasteiger partial charge in [0.05, 0.1) is 25.5 Å². The zero-order chi connectivity index (χ0) is 9.68. The van der Waals surface area contributed by atoms with Gasteiger partial charge in [0.1, 0.15) is 0 Å². The summed E-state index contributed by atoms with van der Waals surface area (Å²) in [4.78, 5) is 23.3. The smallest absolute Gasteiger partial charge is 0.288 e. The summed E-state index contributed by atoms with van der Waals surface area (Å²) in [5, 5.41) is -0.167. The molecule has 0 saturated carbocycles. The molecule has 0 atom stereocenters. The first-order valence-electron chi connectivity index (χ1n) is 3.91. The zero-order valence-electron chi connectivity index (χ0n) is 7.06. The van der Waals surface area contributed by atoms with Crippen molar-refractivity contribution >= 4 is 35.5 Å². The predicted octanol–water partition coefficient (Wildman–Crippen LogP) is 0.628. The predicted molar refractivity (Wildman–Crippen MR) is 54.2 cm³/mol. The monoisotopic (exact) mass is 221 g/mol. The van der Waals surface area contributed by atoms with E-state index in [9.17, 15) is 9.59 Å². The zero-order valence-corrected chi connectivity index (χ0v) is 8.77. The van der Waals surface area contributed by atoms with Crippen LogP contribution >= 0.6 is 24.4 Å². The van der Waals surface area contributed by atoms with Crippen LogP contribution in [0.2, 0.25) is 0 Å². The Morgan fingerprint density at radius 3 is 2.77 bits per heavy atom. The minimum Gasteiger partial charge on any atom is -0.379 e. The third kappa shape index (κ3) is 3.21. The number of carbonyl (C=O) groups is 2. The van der Waals surface area contributed by atoms with E-state index in [1.54, 1.807) is 0 Å². The van der Waals surface area contributed by atoms with Crippen LogP contribution in [0.5, 0.6) is 0 Å². The van der Waals surface area contributed by atoms with Crippen molar-refractivity contribution in [3.8, 4) is 0 Å². The van der Waals surface area contributed by atoms with Crippen LogP contribution in [0.1, 0.15) is 0 Å². The van der Waals surface area contributed by atoms with E-state index in [1.807, 2.05) is 0 Å². The molecule has 1 aliphatic rings. The Balaban J connectivity index is 2.20. The van der Waals surface area contributed by atoms with E-state index in [0.29, 0.717) is 25.5 Å². The molecule has 0 aliphatic carbocycles. The summed E-state index contributed by atoms with van der Waals surface area (Å²) in [5.74, 6) is 0.798. The normalized spacial score (nSPS) is 17.2. The summed E-state index contributed by atoms with van der Waals surface area (Å²) in [7, 11) is 0. The van der Waals surface area contributed by atoms with Crippen molar-refractivity contribution in [2.45, 2.75) is 0 Å². The molecule has 6 heteroatoms. The standard InChI is InChI=1S/C7H11NO3S2/c9-6-5-13-7(10)8(6)1-2-11-3-4-12/h12H,1-5H2. The van der Waals surface area contributed by atoms with Crippen molar-refractivity contribution in [1.82, 2.24) is 4.90 Å². The lowest BCUT2D eigenvalue weighted by atomic mass is 10.5. The Morgan fingerprint density at radius 2 is 2.23 bits per heavy atom. The molecule has 4 nitrogen and oxygen atoms in total. The van der Waals surface area contributed by atoms with Gasteiger partial charge < -0.3 is 4.74 Å². The maximum atomic E-state index is 11.1. The Kier molecular flexibility index (Phi) is 4.61. The summed E-state index contributed by atoms with van der Waals surface area (Å²) < 4.78 is 5.11. The average Bonchev–Trinajstić information content (AvgIpc) is 2.42. The minimum absolute atomic E-state index is 0.121. The highest BCUT2D eigenvalue weighted by molar-refractivity contribution is 8.14. The summed E-state index contributed by atoms with van der Waals surface area (Å²) >= 11 is 5.01. The molecule has 0 aromatic rings. The molecule has 1 aliphatic heterocycles. The molecule has 13 heavy (non-hydrogen) atoms. The third-order valence-corrected chi connectivity index (χ3v) is 2.58. The molecule has 0 spiro atoms. The van der Waals surface area contributed by atoms with Gasteiger partial charge in [0, 0.05) is 5.75 Å². The lowest BCUT2D eigenvalue weighted by Crippen LogP contribution is -2.32.